The second kappa shape index (κ2) is 7.06. The molecule has 0 aromatic heterocycles. The molecule has 0 aliphatic heterocycles. The molecule has 1 atom stereocenters. The lowest BCUT2D eigenvalue weighted by Gasteiger charge is -2.13. The predicted octanol–water partition coefficient (Wildman–Crippen LogP) is -0.0900. The summed E-state index contributed by atoms with van der Waals surface area (Å²) in [6, 6.07) is -0.280. The van der Waals surface area contributed by atoms with Gasteiger partial charge in [0.1, 0.15) is 6.04 Å². The molecule has 2 N–H and O–H groups in total. The highest BCUT2D eigenvalue weighted by molar-refractivity contribution is 5.75. The summed E-state index contributed by atoms with van der Waals surface area (Å²) in [5.74, 6) is -0.242. The lowest BCUT2D eigenvalue weighted by molar-refractivity contribution is -0.145. The van der Waals surface area contributed by atoms with Crippen molar-refractivity contribution in [1.82, 2.24) is 5.32 Å². The van der Waals surface area contributed by atoms with Crippen LogP contribution in [0, 0.1) is 0 Å². The second-order valence-corrected chi connectivity index (χ2v) is 2.39. The van der Waals surface area contributed by atoms with E-state index in [0.29, 0.717) is 19.6 Å². The van der Waals surface area contributed by atoms with Gasteiger partial charge in [0.15, 0.2) is 0 Å². The Labute approximate surface area is 72.9 Å². The average Bonchev–Trinajstić information content (AvgIpc) is 2.06. The topological polar surface area (TPSA) is 58.6 Å². The summed E-state index contributed by atoms with van der Waals surface area (Å²) in [5, 5.41) is 11.4. The lowest BCUT2D eigenvalue weighted by atomic mass is 10.2. The minimum atomic E-state index is -0.280. The van der Waals surface area contributed by atoms with E-state index in [9.17, 15) is 4.79 Å². The molecular formula is C8H17NO3. The Bertz CT molecular complexity index is 127. The molecule has 0 rings (SSSR count). The summed E-state index contributed by atoms with van der Waals surface area (Å²) in [6.45, 7) is 4.53. The largest absolute Gasteiger partial charge is 0.465 e. The van der Waals surface area contributed by atoms with Crippen molar-refractivity contribution < 1.29 is 14.6 Å². The van der Waals surface area contributed by atoms with Gasteiger partial charge in [-0.1, -0.05) is 6.92 Å². The van der Waals surface area contributed by atoms with Crippen molar-refractivity contribution in [3.05, 3.63) is 0 Å². The van der Waals surface area contributed by atoms with E-state index >= 15 is 0 Å². The predicted molar refractivity (Wildman–Crippen MR) is 45.8 cm³/mol. The number of aliphatic hydroxyl groups is 1. The highest BCUT2D eigenvalue weighted by Crippen LogP contribution is 1.93. The molecule has 0 saturated carbocycles. The van der Waals surface area contributed by atoms with Gasteiger partial charge in [0.05, 0.1) is 13.2 Å². The fourth-order valence-corrected chi connectivity index (χ4v) is 0.876. The number of hydrogen-bond acceptors (Lipinski definition) is 4. The molecular weight excluding hydrogens is 158 g/mol. The molecule has 0 saturated heterocycles. The zero-order valence-electron chi connectivity index (χ0n) is 7.67. The molecule has 4 heteroatoms. The van der Waals surface area contributed by atoms with Crippen LogP contribution >= 0.6 is 0 Å². The van der Waals surface area contributed by atoms with E-state index in [0.717, 1.165) is 0 Å². The Morgan fingerprint density at radius 3 is 2.67 bits per heavy atom. The van der Waals surface area contributed by atoms with Crippen LogP contribution in [-0.4, -0.2) is 36.9 Å². The highest BCUT2D eigenvalue weighted by atomic mass is 16.5. The van der Waals surface area contributed by atoms with Gasteiger partial charge in [0, 0.05) is 6.54 Å². The molecule has 72 valence electrons. The van der Waals surface area contributed by atoms with Crippen molar-refractivity contribution in [2.24, 2.45) is 0 Å². The lowest BCUT2D eigenvalue weighted by Crippen LogP contribution is -2.39. The molecule has 0 amide bonds. The van der Waals surface area contributed by atoms with Gasteiger partial charge in [0.25, 0.3) is 0 Å². The first-order valence-electron chi connectivity index (χ1n) is 4.27. The molecule has 0 aliphatic carbocycles. The molecule has 0 heterocycles. The van der Waals surface area contributed by atoms with Gasteiger partial charge in [-0.2, -0.15) is 0 Å². The van der Waals surface area contributed by atoms with Crippen LogP contribution in [0.2, 0.25) is 0 Å². The van der Waals surface area contributed by atoms with Gasteiger partial charge >= 0.3 is 5.97 Å². The number of esters is 1. The second-order valence-electron chi connectivity index (χ2n) is 2.39. The first-order valence-corrected chi connectivity index (χ1v) is 4.27. The van der Waals surface area contributed by atoms with Crippen LogP contribution in [0.15, 0.2) is 0 Å². The number of hydrogen-bond donors (Lipinski definition) is 2. The van der Waals surface area contributed by atoms with Crippen LogP contribution in [0.1, 0.15) is 20.3 Å². The third kappa shape index (κ3) is 4.31. The van der Waals surface area contributed by atoms with E-state index in [4.69, 9.17) is 9.84 Å². The first-order chi connectivity index (χ1) is 5.76. The number of carbonyl (C=O) groups is 1. The van der Waals surface area contributed by atoms with Gasteiger partial charge in [-0.25, -0.2) is 0 Å². The number of nitrogens with one attached hydrogen (secondary N) is 1. The van der Waals surface area contributed by atoms with Crippen LogP contribution in [0.25, 0.3) is 0 Å². The van der Waals surface area contributed by atoms with E-state index in [-0.39, 0.29) is 18.6 Å². The molecule has 0 aliphatic rings. The van der Waals surface area contributed by atoms with Crippen LogP contribution in [0.5, 0.6) is 0 Å². The average molecular weight is 175 g/mol. The molecule has 4 nitrogen and oxygen atoms in total. The van der Waals surface area contributed by atoms with Gasteiger partial charge in [-0.15, -0.1) is 0 Å². The SMILES string of the molecule is CCOC(=O)C(CC)NCCO. The molecule has 0 fully saturated rings. The number of carbonyl (C=O) groups excluding carboxylic acids is 1. The van der Waals surface area contributed by atoms with Crippen LogP contribution in [0.3, 0.4) is 0 Å². The van der Waals surface area contributed by atoms with Gasteiger partial charge in [0.2, 0.25) is 0 Å². The van der Waals surface area contributed by atoms with E-state index in [1.807, 2.05) is 6.92 Å². The summed E-state index contributed by atoms with van der Waals surface area (Å²) >= 11 is 0. The van der Waals surface area contributed by atoms with Crippen LogP contribution in [-0.2, 0) is 9.53 Å². The van der Waals surface area contributed by atoms with Crippen LogP contribution in [0.4, 0.5) is 0 Å². The maximum Gasteiger partial charge on any atom is 0.323 e. The summed E-state index contributed by atoms with van der Waals surface area (Å²) in [6.07, 6.45) is 0.679. The van der Waals surface area contributed by atoms with Crippen LogP contribution < -0.4 is 5.32 Å². The smallest absolute Gasteiger partial charge is 0.323 e. The fraction of sp³-hybridized carbons (Fsp3) is 0.875. The monoisotopic (exact) mass is 175 g/mol. The Kier molecular flexibility index (Phi) is 6.70. The Morgan fingerprint density at radius 2 is 2.25 bits per heavy atom. The normalized spacial score (nSPS) is 12.6. The Balaban J connectivity index is 3.71. The summed E-state index contributed by atoms with van der Waals surface area (Å²) < 4.78 is 4.81. The third-order valence-electron chi connectivity index (χ3n) is 1.48. The van der Waals surface area contributed by atoms with Gasteiger partial charge < -0.3 is 15.2 Å². The summed E-state index contributed by atoms with van der Waals surface area (Å²) in [5.41, 5.74) is 0. The van der Waals surface area contributed by atoms with E-state index in [1.54, 1.807) is 6.92 Å². The quantitative estimate of drug-likeness (QED) is 0.554. The van der Waals surface area contributed by atoms with E-state index < -0.39 is 0 Å². The fourth-order valence-electron chi connectivity index (χ4n) is 0.876. The van der Waals surface area contributed by atoms with Crippen molar-refractivity contribution in [3.8, 4) is 0 Å². The Morgan fingerprint density at radius 1 is 1.58 bits per heavy atom. The van der Waals surface area contributed by atoms with Crippen molar-refractivity contribution in [1.29, 1.82) is 0 Å². The van der Waals surface area contributed by atoms with E-state index in [1.165, 1.54) is 0 Å². The first kappa shape index (κ1) is 11.4. The van der Waals surface area contributed by atoms with Crippen molar-refractivity contribution in [3.63, 3.8) is 0 Å². The van der Waals surface area contributed by atoms with Crippen molar-refractivity contribution in [2.75, 3.05) is 19.8 Å². The molecule has 0 bridgehead atoms. The third-order valence-corrected chi connectivity index (χ3v) is 1.48. The van der Waals surface area contributed by atoms with E-state index in [2.05, 4.69) is 5.32 Å². The molecule has 0 aromatic carbocycles. The van der Waals surface area contributed by atoms with Gasteiger partial charge in [-0.3, -0.25) is 4.79 Å². The number of aliphatic hydroxyl groups excluding tert-OH is 1. The standard InChI is InChI=1S/C8H17NO3/c1-3-7(9-5-6-10)8(11)12-4-2/h7,9-10H,3-6H2,1-2H3. The Hall–Kier alpha value is -0.610. The van der Waals surface area contributed by atoms with Gasteiger partial charge in [-0.05, 0) is 13.3 Å². The molecule has 0 spiro atoms. The maximum absolute atomic E-state index is 11.1. The minimum absolute atomic E-state index is 0.0376. The molecule has 0 radical (unpaired) electrons. The number of rotatable bonds is 6. The summed E-state index contributed by atoms with van der Waals surface area (Å²) in [7, 11) is 0. The molecule has 0 aromatic rings. The maximum atomic E-state index is 11.1. The highest BCUT2D eigenvalue weighted by Gasteiger charge is 2.15. The molecule has 12 heavy (non-hydrogen) atoms. The molecule has 1 unspecified atom stereocenters. The van der Waals surface area contributed by atoms with Crippen molar-refractivity contribution >= 4 is 5.97 Å². The minimum Gasteiger partial charge on any atom is -0.465 e. The number of ether oxygens (including phenoxy) is 1. The zero-order valence-corrected chi connectivity index (χ0v) is 7.67. The zero-order chi connectivity index (χ0) is 9.40. The summed E-state index contributed by atoms with van der Waals surface area (Å²) in [4.78, 5) is 11.1. The van der Waals surface area contributed by atoms with Crippen molar-refractivity contribution in [2.45, 2.75) is 26.3 Å².